The van der Waals surface area contributed by atoms with Crippen LogP contribution in [0.1, 0.15) is 35.4 Å². The van der Waals surface area contributed by atoms with Crippen LogP contribution >= 0.6 is 0 Å². The molecule has 0 aromatic heterocycles. The minimum absolute atomic E-state index is 0.0615. The Morgan fingerprint density at radius 2 is 1.30 bits per heavy atom. The molecule has 1 aliphatic carbocycles. The van der Waals surface area contributed by atoms with Gasteiger partial charge in [0.1, 0.15) is 18.1 Å². The number of sulfone groups is 1. The van der Waals surface area contributed by atoms with Crippen molar-refractivity contribution in [1.29, 1.82) is 0 Å². The summed E-state index contributed by atoms with van der Waals surface area (Å²) in [6.45, 7) is -0.0224. The lowest BCUT2D eigenvalue weighted by Gasteiger charge is -2.38. The molecule has 4 aromatic rings. The third kappa shape index (κ3) is 5.57. The molecule has 0 radical (unpaired) electrons. The minimum Gasteiger partial charge on any atom is -0.457 e. The standard InChI is InChI=1S/C34H29F3N2O6S/c35-34(36,37)22-9-11-23(12-10-22)45-24-13-15-25(16-14-24)46(42,43)33(31(38)40)17-19-39(20-18-33)32(41)44-21-30-28-7-3-1-5-26(28)27-6-2-4-8-29(27)30/h1-16,30H,17-21H2,(H2,38,40). The van der Waals surface area contributed by atoms with Crippen LogP contribution in [-0.2, 0) is 25.5 Å². The number of carbonyl (C=O) groups excluding carboxylic acids is 2. The van der Waals surface area contributed by atoms with Gasteiger partial charge in [0.25, 0.3) is 0 Å². The van der Waals surface area contributed by atoms with Gasteiger partial charge in [-0.3, -0.25) is 4.79 Å². The molecule has 0 saturated carbocycles. The number of ether oxygens (including phenoxy) is 2. The summed E-state index contributed by atoms with van der Waals surface area (Å²) in [5.41, 5.74) is 9.17. The predicted molar refractivity (Wildman–Crippen MR) is 163 cm³/mol. The number of hydrogen-bond donors (Lipinski definition) is 1. The van der Waals surface area contributed by atoms with Crippen molar-refractivity contribution in [2.75, 3.05) is 19.7 Å². The lowest BCUT2D eigenvalue weighted by Crippen LogP contribution is -2.57. The Kier molecular flexibility index (Phi) is 8.01. The highest BCUT2D eigenvalue weighted by Gasteiger charge is 2.52. The molecule has 0 spiro atoms. The second-order valence-corrected chi connectivity index (χ2v) is 13.5. The maximum Gasteiger partial charge on any atom is 0.416 e. The lowest BCUT2D eigenvalue weighted by molar-refractivity contribution is -0.137. The van der Waals surface area contributed by atoms with E-state index in [1.165, 1.54) is 29.2 Å². The number of benzene rings is 4. The minimum atomic E-state index is -4.49. The smallest absolute Gasteiger partial charge is 0.416 e. The molecule has 8 nitrogen and oxygen atoms in total. The normalized spacial score (nSPS) is 15.9. The zero-order chi connectivity index (χ0) is 32.7. The van der Waals surface area contributed by atoms with Crippen LogP contribution in [0.2, 0.25) is 0 Å². The molecule has 12 heteroatoms. The first kappa shape index (κ1) is 31.2. The van der Waals surface area contributed by atoms with E-state index in [0.717, 1.165) is 46.5 Å². The number of carbonyl (C=O) groups is 2. The van der Waals surface area contributed by atoms with Crippen LogP contribution in [0, 0.1) is 0 Å². The van der Waals surface area contributed by atoms with Crippen LogP contribution in [-0.4, -0.2) is 49.8 Å². The average Bonchev–Trinajstić information content (AvgIpc) is 3.37. The zero-order valence-electron chi connectivity index (χ0n) is 24.4. The molecule has 1 heterocycles. The first-order chi connectivity index (χ1) is 21.9. The van der Waals surface area contributed by atoms with Crippen molar-refractivity contribution in [2.45, 2.75) is 34.6 Å². The number of fused-ring (bicyclic) bond motifs is 3. The summed E-state index contributed by atoms with van der Waals surface area (Å²) >= 11 is 0. The molecule has 238 valence electrons. The maximum atomic E-state index is 13.8. The number of rotatable bonds is 7. The Morgan fingerprint density at radius 3 is 1.80 bits per heavy atom. The Morgan fingerprint density at radius 1 is 0.804 bits per heavy atom. The van der Waals surface area contributed by atoms with Crippen LogP contribution < -0.4 is 10.5 Å². The molecular formula is C34H29F3N2O6S. The van der Waals surface area contributed by atoms with Crippen molar-refractivity contribution in [3.05, 3.63) is 114 Å². The van der Waals surface area contributed by atoms with E-state index < -0.39 is 38.3 Å². The molecule has 0 atom stereocenters. The summed E-state index contributed by atoms with van der Waals surface area (Å²) in [7, 11) is -4.31. The first-order valence-corrected chi connectivity index (χ1v) is 16.0. The van der Waals surface area contributed by atoms with E-state index in [9.17, 15) is 31.2 Å². The summed E-state index contributed by atoms with van der Waals surface area (Å²) in [6, 6.07) is 25.1. The van der Waals surface area contributed by atoms with Gasteiger partial charge in [0.2, 0.25) is 5.91 Å². The van der Waals surface area contributed by atoms with E-state index in [1.807, 2.05) is 48.5 Å². The molecule has 1 saturated heterocycles. The third-order valence-electron chi connectivity index (χ3n) is 8.68. The van der Waals surface area contributed by atoms with E-state index >= 15 is 0 Å². The summed E-state index contributed by atoms with van der Waals surface area (Å²) in [6.07, 6.45) is -5.55. The van der Waals surface area contributed by atoms with Gasteiger partial charge in [-0.1, -0.05) is 48.5 Å². The SMILES string of the molecule is NC(=O)C1(S(=O)(=O)c2ccc(Oc3ccc(C(F)(F)F)cc3)cc2)CCN(C(=O)OCC2c3ccccc3-c3ccccc32)CC1. The fourth-order valence-electron chi connectivity index (χ4n) is 6.14. The Balaban J connectivity index is 1.11. The summed E-state index contributed by atoms with van der Waals surface area (Å²) in [5.74, 6) is -0.864. The first-order valence-electron chi connectivity index (χ1n) is 14.5. The van der Waals surface area contributed by atoms with Gasteiger partial charge >= 0.3 is 12.3 Å². The van der Waals surface area contributed by atoms with Gasteiger partial charge in [-0.25, -0.2) is 13.2 Å². The molecule has 46 heavy (non-hydrogen) atoms. The molecule has 4 aromatic carbocycles. The van der Waals surface area contributed by atoms with Crippen LogP contribution in [0.3, 0.4) is 0 Å². The third-order valence-corrected chi connectivity index (χ3v) is 11.2. The molecule has 2 amide bonds. The van der Waals surface area contributed by atoms with Gasteiger partial charge in [0.15, 0.2) is 14.6 Å². The Labute approximate surface area is 263 Å². The van der Waals surface area contributed by atoms with Crippen molar-refractivity contribution < 1.29 is 40.7 Å². The molecule has 0 bridgehead atoms. The largest absolute Gasteiger partial charge is 0.457 e. The summed E-state index contributed by atoms with van der Waals surface area (Å²) in [4.78, 5) is 27.0. The number of hydrogen-bond acceptors (Lipinski definition) is 6. The monoisotopic (exact) mass is 650 g/mol. The van der Waals surface area contributed by atoms with Crippen molar-refractivity contribution >= 4 is 21.8 Å². The number of nitrogens with zero attached hydrogens (tertiary/aromatic N) is 1. The van der Waals surface area contributed by atoms with Gasteiger partial charge in [-0.15, -0.1) is 0 Å². The molecule has 0 unspecified atom stereocenters. The van der Waals surface area contributed by atoms with Crippen molar-refractivity contribution in [3.63, 3.8) is 0 Å². The van der Waals surface area contributed by atoms with Crippen LogP contribution in [0.4, 0.5) is 18.0 Å². The highest BCUT2D eigenvalue weighted by molar-refractivity contribution is 7.93. The van der Waals surface area contributed by atoms with E-state index in [1.54, 1.807) is 0 Å². The highest BCUT2D eigenvalue weighted by atomic mass is 32.2. The maximum absolute atomic E-state index is 13.8. The van der Waals surface area contributed by atoms with Crippen LogP contribution in [0.15, 0.2) is 102 Å². The van der Waals surface area contributed by atoms with E-state index in [4.69, 9.17) is 15.2 Å². The van der Waals surface area contributed by atoms with Gasteiger partial charge in [-0.05, 0) is 83.6 Å². The van der Waals surface area contributed by atoms with Crippen molar-refractivity contribution in [2.24, 2.45) is 5.73 Å². The van der Waals surface area contributed by atoms with Gasteiger partial charge in [-0.2, -0.15) is 13.2 Å². The second kappa shape index (κ2) is 11.8. The lowest BCUT2D eigenvalue weighted by atomic mass is 9.95. The zero-order valence-corrected chi connectivity index (χ0v) is 25.2. The number of amides is 2. The Bertz CT molecular complexity index is 1840. The van der Waals surface area contributed by atoms with Gasteiger partial charge in [0, 0.05) is 19.0 Å². The quantitative estimate of drug-likeness (QED) is 0.243. The Hall–Kier alpha value is -4.84. The number of primary amides is 1. The summed E-state index contributed by atoms with van der Waals surface area (Å²) < 4.78 is 75.4. The summed E-state index contributed by atoms with van der Waals surface area (Å²) in [5, 5.41) is 0. The van der Waals surface area contributed by atoms with E-state index in [2.05, 4.69) is 0 Å². The predicted octanol–water partition coefficient (Wildman–Crippen LogP) is 6.54. The average molecular weight is 651 g/mol. The molecule has 1 fully saturated rings. The van der Waals surface area contributed by atoms with Crippen LogP contribution in [0.25, 0.3) is 11.1 Å². The van der Waals surface area contributed by atoms with Crippen molar-refractivity contribution in [3.8, 4) is 22.6 Å². The number of piperidine rings is 1. The highest BCUT2D eigenvalue weighted by Crippen LogP contribution is 2.45. The molecule has 2 aliphatic rings. The molecule has 2 N–H and O–H groups in total. The van der Waals surface area contributed by atoms with Crippen LogP contribution in [0.5, 0.6) is 11.5 Å². The fourth-order valence-corrected chi connectivity index (χ4v) is 8.07. The van der Waals surface area contributed by atoms with Gasteiger partial charge < -0.3 is 20.1 Å². The molecule has 6 rings (SSSR count). The number of alkyl halides is 3. The second-order valence-electron chi connectivity index (χ2n) is 11.2. The molecule has 1 aliphatic heterocycles. The van der Waals surface area contributed by atoms with E-state index in [-0.39, 0.29) is 54.9 Å². The number of halogens is 3. The van der Waals surface area contributed by atoms with Gasteiger partial charge in [0.05, 0.1) is 10.5 Å². The van der Waals surface area contributed by atoms with Crippen molar-refractivity contribution in [1.82, 2.24) is 4.90 Å². The number of nitrogens with two attached hydrogens (primary N) is 1. The van der Waals surface area contributed by atoms with E-state index in [0.29, 0.717) is 0 Å². The molecular weight excluding hydrogens is 621 g/mol. The fraction of sp³-hybridized carbons (Fsp3) is 0.235. The number of likely N-dealkylation sites (tertiary alicyclic amines) is 1. The topological polar surface area (TPSA) is 116 Å².